The highest BCUT2D eigenvalue weighted by atomic mass is 35.5. The molecule has 20 heavy (non-hydrogen) atoms. The van der Waals surface area contributed by atoms with Crippen molar-refractivity contribution in [2.24, 2.45) is 0 Å². The summed E-state index contributed by atoms with van der Waals surface area (Å²) in [4.78, 5) is 11.8. The molecule has 2 aromatic rings. The van der Waals surface area contributed by atoms with E-state index in [0.29, 0.717) is 22.9 Å². The molecule has 0 fully saturated rings. The summed E-state index contributed by atoms with van der Waals surface area (Å²) in [6.45, 7) is 0.476. The quantitative estimate of drug-likeness (QED) is 0.650. The first-order valence-electron chi connectivity index (χ1n) is 5.95. The molecular formula is C14H13ClN4O. The van der Waals surface area contributed by atoms with Crippen LogP contribution < -0.4 is 10.6 Å². The number of amides is 1. The Morgan fingerprint density at radius 2 is 2.30 bits per heavy atom. The Kier molecular flexibility index (Phi) is 4.77. The Morgan fingerprint density at radius 1 is 1.45 bits per heavy atom. The predicted octanol–water partition coefficient (Wildman–Crippen LogP) is 1.69. The number of benzene rings is 1. The molecule has 0 saturated heterocycles. The monoisotopic (exact) mass is 288 g/mol. The first kappa shape index (κ1) is 14.1. The third kappa shape index (κ3) is 3.38. The number of carbonyl (C=O) groups is 1. The minimum atomic E-state index is -0.198. The van der Waals surface area contributed by atoms with Crippen molar-refractivity contribution in [1.29, 1.82) is 0 Å². The van der Waals surface area contributed by atoms with Crippen molar-refractivity contribution >= 4 is 23.2 Å². The van der Waals surface area contributed by atoms with Gasteiger partial charge in [0.1, 0.15) is 5.69 Å². The zero-order valence-electron chi connectivity index (χ0n) is 10.6. The molecule has 5 nitrogen and oxygen atoms in total. The van der Waals surface area contributed by atoms with Gasteiger partial charge in [0.15, 0.2) is 0 Å². The lowest BCUT2D eigenvalue weighted by Gasteiger charge is -2.12. The van der Waals surface area contributed by atoms with Crippen LogP contribution in [0.4, 0.5) is 5.69 Å². The van der Waals surface area contributed by atoms with Gasteiger partial charge in [0.25, 0.3) is 0 Å². The van der Waals surface area contributed by atoms with Crippen LogP contribution >= 0.6 is 11.6 Å². The van der Waals surface area contributed by atoms with Gasteiger partial charge >= 0.3 is 0 Å². The zero-order chi connectivity index (χ0) is 14.4. The fourth-order valence-electron chi connectivity index (χ4n) is 1.69. The highest BCUT2D eigenvalue weighted by Gasteiger charge is 2.11. The second kappa shape index (κ2) is 6.75. The third-order valence-corrected chi connectivity index (χ3v) is 2.81. The lowest BCUT2D eigenvalue weighted by molar-refractivity contribution is -0.115. The normalized spacial score (nSPS) is 10.0. The smallest absolute Gasteiger partial charge is 0.238 e. The van der Waals surface area contributed by atoms with E-state index in [9.17, 15) is 4.79 Å². The van der Waals surface area contributed by atoms with Gasteiger partial charge in [0.2, 0.25) is 5.91 Å². The summed E-state index contributed by atoms with van der Waals surface area (Å²) in [6, 6.07) is 7.05. The van der Waals surface area contributed by atoms with Crippen LogP contribution in [-0.4, -0.2) is 28.8 Å². The Labute approximate surface area is 121 Å². The summed E-state index contributed by atoms with van der Waals surface area (Å²) >= 11 is 6.18. The predicted molar refractivity (Wildman–Crippen MR) is 78.9 cm³/mol. The highest BCUT2D eigenvalue weighted by molar-refractivity contribution is 6.33. The number of terminal acetylenes is 1. The van der Waals surface area contributed by atoms with Crippen LogP contribution in [0.25, 0.3) is 5.69 Å². The topological polar surface area (TPSA) is 59.0 Å². The maximum atomic E-state index is 11.8. The van der Waals surface area contributed by atoms with E-state index in [1.165, 1.54) is 0 Å². The van der Waals surface area contributed by atoms with Crippen molar-refractivity contribution in [2.75, 3.05) is 18.4 Å². The number of nitrogens with zero attached hydrogens (tertiary/aromatic N) is 2. The second-order valence-electron chi connectivity index (χ2n) is 3.94. The SMILES string of the molecule is C#CCNCC(=O)Nc1cccc(Cl)c1-n1cccn1. The van der Waals surface area contributed by atoms with E-state index in [0.717, 1.165) is 0 Å². The van der Waals surface area contributed by atoms with Crippen LogP contribution in [0.15, 0.2) is 36.7 Å². The minimum absolute atomic E-state index is 0.134. The summed E-state index contributed by atoms with van der Waals surface area (Å²) in [6.07, 6.45) is 8.50. The molecule has 1 amide bonds. The van der Waals surface area contributed by atoms with Crippen molar-refractivity contribution < 1.29 is 4.79 Å². The Balaban J connectivity index is 2.18. The van der Waals surface area contributed by atoms with E-state index < -0.39 is 0 Å². The molecule has 0 spiro atoms. The van der Waals surface area contributed by atoms with Crippen molar-refractivity contribution in [3.05, 3.63) is 41.7 Å². The Hall–Kier alpha value is -2.29. The van der Waals surface area contributed by atoms with Gasteiger partial charge in [0.05, 0.1) is 23.8 Å². The second-order valence-corrected chi connectivity index (χ2v) is 4.35. The Morgan fingerprint density at radius 3 is 3.00 bits per heavy atom. The van der Waals surface area contributed by atoms with Gasteiger partial charge < -0.3 is 5.32 Å². The molecule has 102 valence electrons. The van der Waals surface area contributed by atoms with Gasteiger partial charge in [0, 0.05) is 12.4 Å². The Bertz CT molecular complexity index is 631. The van der Waals surface area contributed by atoms with Crippen molar-refractivity contribution in [3.8, 4) is 18.0 Å². The zero-order valence-corrected chi connectivity index (χ0v) is 11.4. The largest absolute Gasteiger partial charge is 0.323 e. The molecule has 2 rings (SSSR count). The van der Waals surface area contributed by atoms with Crippen LogP contribution in [0.3, 0.4) is 0 Å². The number of nitrogens with one attached hydrogen (secondary N) is 2. The molecule has 0 unspecified atom stereocenters. The van der Waals surface area contributed by atoms with E-state index in [1.807, 2.05) is 0 Å². The molecule has 0 aliphatic heterocycles. The van der Waals surface area contributed by atoms with Crippen molar-refractivity contribution in [1.82, 2.24) is 15.1 Å². The molecule has 0 radical (unpaired) electrons. The standard InChI is InChI=1S/C14H13ClN4O/c1-2-7-16-10-13(20)18-12-6-3-5-11(15)14(12)19-9-4-8-17-19/h1,3-6,8-9,16H,7,10H2,(H,18,20). The maximum Gasteiger partial charge on any atom is 0.238 e. The van der Waals surface area contributed by atoms with Gasteiger partial charge in [-0.25, -0.2) is 4.68 Å². The summed E-state index contributed by atoms with van der Waals surface area (Å²) in [5, 5.41) is 10.2. The van der Waals surface area contributed by atoms with Crippen molar-refractivity contribution in [3.63, 3.8) is 0 Å². The fraction of sp³-hybridized carbons (Fsp3) is 0.143. The van der Waals surface area contributed by atoms with Crippen LogP contribution in [0.5, 0.6) is 0 Å². The summed E-state index contributed by atoms with van der Waals surface area (Å²) in [5.74, 6) is 2.21. The molecular weight excluding hydrogens is 276 g/mol. The van der Waals surface area contributed by atoms with E-state index in [4.69, 9.17) is 18.0 Å². The molecule has 0 aliphatic carbocycles. The number of hydrogen-bond donors (Lipinski definition) is 2. The number of halogens is 1. The number of hydrogen-bond acceptors (Lipinski definition) is 3. The fourth-order valence-corrected chi connectivity index (χ4v) is 1.95. The number of anilines is 1. The lowest BCUT2D eigenvalue weighted by atomic mass is 10.2. The summed E-state index contributed by atoms with van der Waals surface area (Å²) < 4.78 is 1.60. The maximum absolute atomic E-state index is 11.8. The van der Waals surface area contributed by atoms with Gasteiger partial charge in [-0.3, -0.25) is 10.1 Å². The molecule has 6 heteroatoms. The molecule has 0 atom stereocenters. The highest BCUT2D eigenvalue weighted by Crippen LogP contribution is 2.27. The van der Waals surface area contributed by atoms with Gasteiger partial charge in [-0.2, -0.15) is 5.10 Å². The molecule has 1 aromatic heterocycles. The third-order valence-electron chi connectivity index (χ3n) is 2.51. The molecule has 1 heterocycles. The molecule has 0 bridgehead atoms. The lowest BCUT2D eigenvalue weighted by Crippen LogP contribution is -2.28. The number of para-hydroxylation sites is 1. The van der Waals surface area contributed by atoms with Crippen LogP contribution in [-0.2, 0) is 4.79 Å². The first-order chi connectivity index (χ1) is 9.72. The van der Waals surface area contributed by atoms with E-state index in [-0.39, 0.29) is 12.5 Å². The average Bonchev–Trinajstić information content (AvgIpc) is 2.93. The summed E-state index contributed by atoms with van der Waals surface area (Å²) in [7, 11) is 0. The van der Waals surface area contributed by atoms with Gasteiger partial charge in [-0.05, 0) is 18.2 Å². The first-order valence-corrected chi connectivity index (χ1v) is 6.32. The van der Waals surface area contributed by atoms with Crippen LogP contribution in [0.2, 0.25) is 5.02 Å². The van der Waals surface area contributed by atoms with Gasteiger partial charge in [-0.1, -0.05) is 23.6 Å². The van der Waals surface area contributed by atoms with E-state index in [2.05, 4.69) is 21.7 Å². The van der Waals surface area contributed by atoms with E-state index in [1.54, 1.807) is 41.3 Å². The molecule has 0 saturated carbocycles. The van der Waals surface area contributed by atoms with Crippen LogP contribution in [0, 0.1) is 12.3 Å². The van der Waals surface area contributed by atoms with Crippen LogP contribution in [0.1, 0.15) is 0 Å². The van der Waals surface area contributed by atoms with Gasteiger partial charge in [-0.15, -0.1) is 6.42 Å². The number of carbonyl (C=O) groups excluding carboxylic acids is 1. The number of aromatic nitrogens is 2. The number of rotatable bonds is 5. The molecule has 2 N–H and O–H groups in total. The minimum Gasteiger partial charge on any atom is -0.323 e. The molecule has 1 aromatic carbocycles. The molecule has 0 aliphatic rings. The van der Waals surface area contributed by atoms with Crippen molar-refractivity contribution in [2.45, 2.75) is 0 Å². The van der Waals surface area contributed by atoms with E-state index >= 15 is 0 Å². The average molecular weight is 289 g/mol. The summed E-state index contributed by atoms with van der Waals surface area (Å²) in [5.41, 5.74) is 1.22.